The first-order valence-electron chi connectivity index (χ1n) is 6.55. The minimum absolute atomic E-state index is 0.330. The summed E-state index contributed by atoms with van der Waals surface area (Å²) in [4.78, 5) is 11.6. The summed E-state index contributed by atoms with van der Waals surface area (Å²) in [5, 5.41) is 0. The van der Waals surface area contributed by atoms with E-state index in [9.17, 15) is 4.79 Å². The van der Waals surface area contributed by atoms with E-state index in [1.165, 1.54) is 50.5 Å². The number of rotatable bonds is 4. The van der Waals surface area contributed by atoms with Gasteiger partial charge in [-0.05, 0) is 37.5 Å². The van der Waals surface area contributed by atoms with E-state index < -0.39 is 0 Å². The highest BCUT2D eigenvalue weighted by atomic mass is 16.1. The minimum Gasteiger partial charge on any atom is -0.299 e. The van der Waals surface area contributed by atoms with Gasteiger partial charge in [-0.15, -0.1) is 6.58 Å². The van der Waals surface area contributed by atoms with Crippen LogP contribution in [0.15, 0.2) is 24.3 Å². The summed E-state index contributed by atoms with van der Waals surface area (Å²) in [5.74, 6) is 0.330. The predicted octanol–water partition coefficient (Wildman–Crippen LogP) is 4.19. The van der Waals surface area contributed by atoms with Gasteiger partial charge in [-0.25, -0.2) is 0 Å². The van der Waals surface area contributed by atoms with Crippen LogP contribution >= 0.6 is 0 Å². The van der Waals surface area contributed by atoms with Gasteiger partial charge in [0.25, 0.3) is 0 Å². The maximum Gasteiger partial charge on any atom is 0.140 e. The van der Waals surface area contributed by atoms with Crippen molar-refractivity contribution in [1.82, 2.24) is 0 Å². The number of carbonyl (C=O) groups excluding carboxylic acids is 1. The van der Waals surface area contributed by atoms with Crippen LogP contribution in [0.5, 0.6) is 0 Å². The van der Waals surface area contributed by atoms with E-state index in [0.717, 1.165) is 0 Å². The first-order chi connectivity index (χ1) is 7.74. The summed E-state index contributed by atoms with van der Waals surface area (Å²) in [6.07, 6.45) is 14.5. The largest absolute Gasteiger partial charge is 0.299 e. The van der Waals surface area contributed by atoms with Gasteiger partial charge in [-0.3, -0.25) is 4.79 Å². The third-order valence-corrected chi connectivity index (χ3v) is 4.17. The Balaban J connectivity index is 1.93. The Morgan fingerprint density at radius 1 is 1.38 bits per heavy atom. The molecule has 0 N–H and O–H groups in total. The number of Topliss-reactive ketones (excluding diaryl/α,β-unsaturated/α-hetero) is 1. The molecule has 0 bridgehead atoms. The van der Waals surface area contributed by atoms with Crippen LogP contribution in [0.3, 0.4) is 0 Å². The van der Waals surface area contributed by atoms with Gasteiger partial charge < -0.3 is 0 Å². The second-order valence-corrected chi connectivity index (χ2v) is 5.49. The number of hydrogen-bond acceptors (Lipinski definition) is 1. The molecule has 2 aliphatic carbocycles. The zero-order chi connectivity index (χ0) is 11.4. The van der Waals surface area contributed by atoms with Crippen molar-refractivity contribution in [3.05, 3.63) is 24.3 Å². The zero-order valence-electron chi connectivity index (χ0n) is 10.1. The molecule has 0 saturated heterocycles. The fraction of sp³-hybridized carbons (Fsp3) is 0.667. The predicted molar refractivity (Wildman–Crippen MR) is 67.3 cm³/mol. The van der Waals surface area contributed by atoms with Gasteiger partial charge in [0, 0.05) is 12.8 Å². The Kier molecular flexibility index (Phi) is 3.63. The van der Waals surface area contributed by atoms with Crippen LogP contribution in [-0.2, 0) is 4.79 Å². The summed E-state index contributed by atoms with van der Waals surface area (Å²) in [5.41, 5.74) is 1.98. The highest BCUT2D eigenvalue weighted by molar-refractivity contribution is 5.82. The molecule has 0 unspecified atom stereocenters. The molecular formula is C15H22O. The lowest BCUT2D eigenvalue weighted by Crippen LogP contribution is -2.21. The van der Waals surface area contributed by atoms with Crippen molar-refractivity contribution in [3.63, 3.8) is 0 Å². The molecule has 0 aromatic carbocycles. The highest BCUT2D eigenvalue weighted by Gasteiger charge is 2.35. The van der Waals surface area contributed by atoms with Gasteiger partial charge in [0.2, 0.25) is 0 Å². The van der Waals surface area contributed by atoms with E-state index in [0.29, 0.717) is 24.0 Å². The van der Waals surface area contributed by atoms with Crippen LogP contribution < -0.4 is 0 Å². The number of allylic oxidation sites excluding steroid dienone is 3. The lowest BCUT2D eigenvalue weighted by Gasteiger charge is -2.33. The third kappa shape index (κ3) is 2.63. The van der Waals surface area contributed by atoms with E-state index in [-0.39, 0.29) is 0 Å². The molecule has 0 aromatic heterocycles. The maximum atomic E-state index is 11.6. The summed E-state index contributed by atoms with van der Waals surface area (Å²) in [7, 11) is 0. The van der Waals surface area contributed by atoms with Crippen molar-refractivity contribution in [2.75, 3.05) is 0 Å². The maximum absolute atomic E-state index is 11.6. The van der Waals surface area contributed by atoms with E-state index in [1.807, 2.05) is 0 Å². The van der Waals surface area contributed by atoms with Crippen molar-refractivity contribution in [2.45, 2.75) is 57.8 Å². The van der Waals surface area contributed by atoms with Gasteiger partial charge in [-0.2, -0.15) is 0 Å². The molecule has 2 aliphatic rings. The SMILES string of the molecule is C=CCC(=O)CC1=CCCC2(CCCC2)C1. The Morgan fingerprint density at radius 2 is 2.12 bits per heavy atom. The molecule has 16 heavy (non-hydrogen) atoms. The summed E-state index contributed by atoms with van der Waals surface area (Å²) in [6, 6.07) is 0. The Labute approximate surface area is 98.6 Å². The summed E-state index contributed by atoms with van der Waals surface area (Å²) < 4.78 is 0. The smallest absolute Gasteiger partial charge is 0.140 e. The monoisotopic (exact) mass is 218 g/mol. The van der Waals surface area contributed by atoms with Crippen molar-refractivity contribution in [1.29, 1.82) is 0 Å². The van der Waals surface area contributed by atoms with Crippen LogP contribution in [0.1, 0.15) is 57.8 Å². The second kappa shape index (κ2) is 4.99. The molecule has 0 heterocycles. The first-order valence-corrected chi connectivity index (χ1v) is 6.55. The van der Waals surface area contributed by atoms with E-state index >= 15 is 0 Å². The fourth-order valence-electron chi connectivity index (χ4n) is 3.40. The summed E-state index contributed by atoms with van der Waals surface area (Å²) >= 11 is 0. The minimum atomic E-state index is 0.330. The van der Waals surface area contributed by atoms with Crippen molar-refractivity contribution >= 4 is 5.78 Å². The molecule has 0 aliphatic heterocycles. The number of ketones is 1. The molecule has 1 fully saturated rings. The van der Waals surface area contributed by atoms with Crippen LogP contribution in [0, 0.1) is 5.41 Å². The van der Waals surface area contributed by atoms with E-state index in [2.05, 4.69) is 12.7 Å². The fourth-order valence-corrected chi connectivity index (χ4v) is 3.40. The Morgan fingerprint density at radius 3 is 2.81 bits per heavy atom. The Hall–Kier alpha value is -0.850. The van der Waals surface area contributed by atoms with Crippen molar-refractivity contribution < 1.29 is 4.79 Å². The zero-order valence-corrected chi connectivity index (χ0v) is 10.1. The van der Waals surface area contributed by atoms with Gasteiger partial charge in [-0.1, -0.05) is 30.6 Å². The van der Waals surface area contributed by atoms with Gasteiger partial charge in [0.15, 0.2) is 0 Å². The molecular weight excluding hydrogens is 196 g/mol. The molecule has 1 heteroatoms. The third-order valence-electron chi connectivity index (χ3n) is 4.17. The standard InChI is InChI=1S/C15H22O/c1-2-6-14(16)11-13-7-5-10-15(12-13)8-3-4-9-15/h2,7H,1,3-6,8-12H2. The molecule has 1 nitrogen and oxygen atoms in total. The molecule has 2 rings (SSSR count). The van der Waals surface area contributed by atoms with Crippen LogP contribution in [0.4, 0.5) is 0 Å². The van der Waals surface area contributed by atoms with Crippen LogP contribution in [0.25, 0.3) is 0 Å². The first kappa shape index (κ1) is 11.6. The number of carbonyl (C=O) groups is 1. The van der Waals surface area contributed by atoms with Gasteiger partial charge in [0.1, 0.15) is 5.78 Å². The molecule has 0 radical (unpaired) electrons. The lowest BCUT2D eigenvalue weighted by atomic mass is 9.72. The van der Waals surface area contributed by atoms with Crippen molar-refractivity contribution in [2.24, 2.45) is 5.41 Å². The second-order valence-electron chi connectivity index (χ2n) is 5.49. The molecule has 0 amide bonds. The highest BCUT2D eigenvalue weighted by Crippen LogP contribution is 2.49. The van der Waals surface area contributed by atoms with Crippen LogP contribution in [-0.4, -0.2) is 5.78 Å². The molecule has 1 spiro atoms. The van der Waals surface area contributed by atoms with E-state index in [1.54, 1.807) is 6.08 Å². The molecule has 88 valence electrons. The summed E-state index contributed by atoms with van der Waals surface area (Å²) in [6.45, 7) is 3.62. The molecule has 1 saturated carbocycles. The lowest BCUT2D eigenvalue weighted by molar-refractivity contribution is -0.117. The average Bonchev–Trinajstić information content (AvgIpc) is 2.66. The van der Waals surface area contributed by atoms with Gasteiger partial charge >= 0.3 is 0 Å². The number of hydrogen-bond donors (Lipinski definition) is 0. The Bertz CT molecular complexity index is 305. The van der Waals surface area contributed by atoms with E-state index in [4.69, 9.17) is 0 Å². The van der Waals surface area contributed by atoms with Crippen molar-refractivity contribution in [3.8, 4) is 0 Å². The molecule has 0 aromatic rings. The van der Waals surface area contributed by atoms with Crippen LogP contribution in [0.2, 0.25) is 0 Å². The molecule has 0 atom stereocenters. The topological polar surface area (TPSA) is 17.1 Å². The normalized spacial score (nSPS) is 23.1. The average molecular weight is 218 g/mol. The quantitative estimate of drug-likeness (QED) is 0.646. The van der Waals surface area contributed by atoms with Gasteiger partial charge in [0.05, 0.1) is 0 Å².